The van der Waals surface area contributed by atoms with Gasteiger partial charge in [-0.05, 0) is 26.3 Å². The fourth-order valence-electron chi connectivity index (χ4n) is 2.87. The number of esters is 1. The van der Waals surface area contributed by atoms with Crippen LogP contribution in [0.4, 0.5) is 5.69 Å². The lowest BCUT2D eigenvalue weighted by Gasteiger charge is -2.28. The van der Waals surface area contributed by atoms with E-state index in [4.69, 9.17) is 4.74 Å². The van der Waals surface area contributed by atoms with E-state index in [1.165, 1.54) is 12.1 Å². The van der Waals surface area contributed by atoms with Crippen LogP contribution in [0.25, 0.3) is 0 Å². The maximum Gasteiger partial charge on any atom is 0.336 e. The van der Waals surface area contributed by atoms with E-state index in [1.807, 2.05) is 0 Å². The standard InChI is InChI=1S/C17H17N3O4/c1-4-24-17(21)15-11(3)19-10(2)14(9-18)16(15)12-6-5-7-13(8-12)20(22)23/h5-8,14,16H,4H2,1-3H3. The average Bonchev–Trinajstić information content (AvgIpc) is 2.54. The molecular formula is C17H17N3O4. The fourth-order valence-corrected chi connectivity index (χ4v) is 2.87. The molecule has 2 atom stereocenters. The first kappa shape index (κ1) is 17.3. The van der Waals surface area contributed by atoms with Crippen molar-refractivity contribution in [2.45, 2.75) is 26.7 Å². The summed E-state index contributed by atoms with van der Waals surface area (Å²) in [5.74, 6) is -1.88. The molecular weight excluding hydrogens is 310 g/mol. The van der Waals surface area contributed by atoms with Crippen LogP contribution in [0.3, 0.4) is 0 Å². The molecule has 0 N–H and O–H groups in total. The second kappa shape index (κ2) is 7.04. The summed E-state index contributed by atoms with van der Waals surface area (Å²) in [7, 11) is 0. The number of ether oxygens (including phenoxy) is 1. The molecule has 0 aliphatic carbocycles. The van der Waals surface area contributed by atoms with Crippen molar-refractivity contribution >= 4 is 17.4 Å². The van der Waals surface area contributed by atoms with Crippen molar-refractivity contribution in [2.75, 3.05) is 6.61 Å². The zero-order chi connectivity index (χ0) is 17.9. The third-order valence-corrected chi connectivity index (χ3v) is 3.90. The Balaban J connectivity index is 2.63. The van der Waals surface area contributed by atoms with Gasteiger partial charge < -0.3 is 4.74 Å². The van der Waals surface area contributed by atoms with Gasteiger partial charge in [-0.1, -0.05) is 12.1 Å². The third-order valence-electron chi connectivity index (χ3n) is 3.90. The number of nitro groups is 1. The number of carbonyl (C=O) groups is 1. The monoisotopic (exact) mass is 327 g/mol. The Morgan fingerprint density at radius 3 is 2.75 bits per heavy atom. The molecule has 124 valence electrons. The molecule has 1 heterocycles. The lowest BCUT2D eigenvalue weighted by molar-refractivity contribution is -0.384. The average molecular weight is 327 g/mol. The van der Waals surface area contributed by atoms with E-state index in [-0.39, 0.29) is 17.9 Å². The van der Waals surface area contributed by atoms with Crippen molar-refractivity contribution in [3.05, 3.63) is 51.2 Å². The van der Waals surface area contributed by atoms with Crippen molar-refractivity contribution in [3.63, 3.8) is 0 Å². The highest BCUT2D eigenvalue weighted by atomic mass is 16.6. The van der Waals surface area contributed by atoms with Crippen LogP contribution in [-0.4, -0.2) is 23.2 Å². The number of nitriles is 1. The molecule has 7 nitrogen and oxygen atoms in total. The van der Waals surface area contributed by atoms with Gasteiger partial charge in [-0.2, -0.15) is 5.26 Å². The minimum absolute atomic E-state index is 0.0924. The Morgan fingerprint density at radius 1 is 1.46 bits per heavy atom. The van der Waals surface area contributed by atoms with E-state index in [2.05, 4.69) is 11.1 Å². The van der Waals surface area contributed by atoms with Crippen molar-refractivity contribution in [1.82, 2.24) is 0 Å². The van der Waals surface area contributed by atoms with Crippen LogP contribution in [0, 0.1) is 27.4 Å². The van der Waals surface area contributed by atoms with Crippen molar-refractivity contribution in [3.8, 4) is 6.07 Å². The molecule has 0 saturated carbocycles. The zero-order valence-electron chi connectivity index (χ0n) is 13.6. The summed E-state index contributed by atoms with van der Waals surface area (Å²) in [6.07, 6.45) is 0. The summed E-state index contributed by atoms with van der Waals surface area (Å²) in [5.41, 5.74) is 1.74. The summed E-state index contributed by atoms with van der Waals surface area (Å²) >= 11 is 0. The number of hydrogen-bond acceptors (Lipinski definition) is 6. The fraction of sp³-hybridized carbons (Fsp3) is 0.353. The van der Waals surface area contributed by atoms with Crippen LogP contribution in [-0.2, 0) is 9.53 Å². The quantitative estimate of drug-likeness (QED) is 0.480. The summed E-state index contributed by atoms with van der Waals surface area (Å²) < 4.78 is 5.10. The first-order valence-electron chi connectivity index (χ1n) is 7.47. The van der Waals surface area contributed by atoms with E-state index in [9.17, 15) is 20.2 Å². The molecule has 7 heteroatoms. The molecule has 0 spiro atoms. The van der Waals surface area contributed by atoms with Gasteiger partial charge in [0.25, 0.3) is 5.69 Å². The summed E-state index contributed by atoms with van der Waals surface area (Å²) in [6.45, 7) is 5.27. The van der Waals surface area contributed by atoms with E-state index in [0.717, 1.165) is 0 Å². The minimum atomic E-state index is -0.685. The second-order valence-corrected chi connectivity index (χ2v) is 5.41. The smallest absolute Gasteiger partial charge is 0.336 e. The molecule has 0 saturated heterocycles. The Hall–Kier alpha value is -3.01. The molecule has 1 aliphatic heterocycles. The Kier molecular flexibility index (Phi) is 5.09. The van der Waals surface area contributed by atoms with Crippen LogP contribution in [0.1, 0.15) is 32.3 Å². The predicted octanol–water partition coefficient (Wildman–Crippen LogP) is 3.13. The summed E-state index contributed by atoms with van der Waals surface area (Å²) in [4.78, 5) is 27.2. The minimum Gasteiger partial charge on any atom is -0.463 e. The maximum atomic E-state index is 12.4. The maximum absolute atomic E-state index is 12.4. The molecule has 2 unspecified atom stereocenters. The molecule has 0 fully saturated rings. The van der Waals surface area contributed by atoms with E-state index in [0.29, 0.717) is 17.0 Å². The Morgan fingerprint density at radius 2 is 2.17 bits per heavy atom. The van der Waals surface area contributed by atoms with E-state index < -0.39 is 22.7 Å². The van der Waals surface area contributed by atoms with Gasteiger partial charge in [0.1, 0.15) is 0 Å². The highest BCUT2D eigenvalue weighted by molar-refractivity contribution is 5.98. The van der Waals surface area contributed by atoms with Crippen molar-refractivity contribution in [2.24, 2.45) is 10.9 Å². The molecule has 0 aromatic heterocycles. The Labute approximate surface area is 139 Å². The van der Waals surface area contributed by atoms with Gasteiger partial charge in [0.05, 0.1) is 29.1 Å². The molecule has 0 bridgehead atoms. The second-order valence-electron chi connectivity index (χ2n) is 5.41. The van der Waals surface area contributed by atoms with Crippen LogP contribution < -0.4 is 0 Å². The van der Waals surface area contributed by atoms with Gasteiger partial charge >= 0.3 is 5.97 Å². The number of non-ortho nitro benzene ring substituents is 1. The molecule has 24 heavy (non-hydrogen) atoms. The van der Waals surface area contributed by atoms with Gasteiger partial charge in [-0.3, -0.25) is 15.1 Å². The molecule has 2 rings (SSSR count). The lowest BCUT2D eigenvalue weighted by Crippen LogP contribution is -2.29. The molecule has 1 aromatic rings. The number of nitro benzene ring substituents is 1. The van der Waals surface area contributed by atoms with Gasteiger partial charge in [0.15, 0.2) is 0 Å². The number of benzene rings is 1. The molecule has 0 radical (unpaired) electrons. The zero-order valence-corrected chi connectivity index (χ0v) is 13.6. The van der Waals surface area contributed by atoms with Crippen LogP contribution in [0.15, 0.2) is 40.5 Å². The van der Waals surface area contributed by atoms with Crippen molar-refractivity contribution in [1.29, 1.82) is 5.26 Å². The lowest BCUT2D eigenvalue weighted by atomic mass is 9.76. The third kappa shape index (κ3) is 3.18. The van der Waals surface area contributed by atoms with Crippen molar-refractivity contribution < 1.29 is 14.5 Å². The van der Waals surface area contributed by atoms with Gasteiger partial charge in [-0.25, -0.2) is 4.79 Å². The number of hydrogen-bond donors (Lipinski definition) is 0. The largest absolute Gasteiger partial charge is 0.463 e. The number of rotatable bonds is 4. The van der Waals surface area contributed by atoms with Gasteiger partial charge in [-0.15, -0.1) is 0 Å². The Bertz CT molecular complexity index is 789. The number of allylic oxidation sites excluding steroid dienone is 1. The van der Waals surface area contributed by atoms with Crippen LogP contribution in [0.5, 0.6) is 0 Å². The SMILES string of the molecule is CCOC(=O)C1=C(C)N=C(C)C(C#N)C1c1cccc([N+](=O)[O-])c1. The number of nitrogens with zero attached hydrogens (tertiary/aromatic N) is 3. The highest BCUT2D eigenvalue weighted by Gasteiger charge is 2.38. The first-order chi connectivity index (χ1) is 11.4. The molecule has 1 aromatic carbocycles. The topological polar surface area (TPSA) is 106 Å². The number of carbonyl (C=O) groups excluding carboxylic acids is 1. The van der Waals surface area contributed by atoms with Crippen LogP contribution >= 0.6 is 0 Å². The number of aliphatic imine (C=N–C) groups is 1. The molecule has 0 amide bonds. The van der Waals surface area contributed by atoms with E-state index in [1.54, 1.807) is 32.9 Å². The summed E-state index contributed by atoms with van der Waals surface area (Å²) in [5, 5.41) is 20.6. The van der Waals surface area contributed by atoms with Gasteiger partial charge in [0.2, 0.25) is 0 Å². The van der Waals surface area contributed by atoms with Crippen LogP contribution in [0.2, 0.25) is 0 Å². The highest BCUT2D eigenvalue weighted by Crippen LogP contribution is 2.39. The molecule has 1 aliphatic rings. The van der Waals surface area contributed by atoms with Gasteiger partial charge in [0, 0.05) is 29.5 Å². The summed E-state index contributed by atoms with van der Waals surface area (Å²) in [6, 6.07) is 8.13. The normalized spacial score (nSPS) is 20.2. The van der Waals surface area contributed by atoms with E-state index >= 15 is 0 Å². The predicted molar refractivity (Wildman–Crippen MR) is 87.4 cm³/mol. The first-order valence-corrected chi connectivity index (χ1v) is 7.47.